The lowest BCUT2D eigenvalue weighted by molar-refractivity contribution is -0.148. The molecule has 0 aromatic carbocycles. The van der Waals surface area contributed by atoms with Gasteiger partial charge in [-0.1, -0.05) is 6.92 Å². The molecule has 2 saturated carbocycles. The van der Waals surface area contributed by atoms with Crippen LogP contribution < -0.4 is 0 Å². The van der Waals surface area contributed by atoms with Crippen LogP contribution in [0.4, 0.5) is 0 Å². The van der Waals surface area contributed by atoms with E-state index in [2.05, 4.69) is 6.92 Å². The number of esters is 1. The van der Waals surface area contributed by atoms with Gasteiger partial charge in [0, 0.05) is 6.92 Å². The zero-order valence-corrected chi connectivity index (χ0v) is 13.2. The molecule has 2 aliphatic rings. The summed E-state index contributed by atoms with van der Waals surface area (Å²) in [5.41, 5.74) is -0.441. The highest BCUT2D eigenvalue weighted by Crippen LogP contribution is 2.40. The molecule has 0 heterocycles. The predicted molar refractivity (Wildman–Crippen MR) is 79.3 cm³/mol. The van der Waals surface area contributed by atoms with Crippen molar-refractivity contribution in [1.82, 2.24) is 0 Å². The van der Waals surface area contributed by atoms with Gasteiger partial charge in [-0.3, -0.25) is 4.79 Å². The first kappa shape index (κ1) is 15.8. The second kappa shape index (κ2) is 6.46. The minimum Gasteiger partial charge on any atom is -0.462 e. The molecule has 0 aromatic heterocycles. The number of ether oxygens (including phenoxy) is 1. The van der Waals surface area contributed by atoms with Gasteiger partial charge in [-0.25, -0.2) is 0 Å². The average Bonchev–Trinajstić information content (AvgIpc) is 2.75. The van der Waals surface area contributed by atoms with Gasteiger partial charge in [0.15, 0.2) is 0 Å². The summed E-state index contributed by atoms with van der Waals surface area (Å²) in [6.45, 7) is 5.82. The van der Waals surface area contributed by atoms with Gasteiger partial charge in [0.05, 0.1) is 5.60 Å². The van der Waals surface area contributed by atoms with Crippen molar-refractivity contribution in [3.05, 3.63) is 0 Å². The van der Waals surface area contributed by atoms with Crippen molar-refractivity contribution >= 4 is 5.97 Å². The van der Waals surface area contributed by atoms with Crippen molar-refractivity contribution in [1.29, 1.82) is 0 Å². The molecule has 0 aliphatic heterocycles. The van der Waals surface area contributed by atoms with E-state index in [9.17, 15) is 9.90 Å². The Kier molecular flexibility index (Phi) is 5.11. The van der Waals surface area contributed by atoms with Crippen LogP contribution in [0.25, 0.3) is 0 Å². The lowest BCUT2D eigenvalue weighted by atomic mass is 9.72. The summed E-state index contributed by atoms with van der Waals surface area (Å²) in [5.74, 6) is 1.82. The SMILES string of the molecule is CC(=O)OC1CCCC1CC(C)C1CCC(C)(O)CC1. The van der Waals surface area contributed by atoms with Gasteiger partial charge in [0.25, 0.3) is 0 Å². The summed E-state index contributed by atoms with van der Waals surface area (Å²) in [7, 11) is 0. The molecule has 0 aromatic rings. The van der Waals surface area contributed by atoms with Gasteiger partial charge in [0.1, 0.15) is 6.10 Å². The number of rotatable bonds is 4. The molecular formula is C17H30O3. The lowest BCUT2D eigenvalue weighted by Crippen LogP contribution is -2.33. The van der Waals surface area contributed by atoms with Crippen LogP contribution in [0.2, 0.25) is 0 Å². The summed E-state index contributed by atoms with van der Waals surface area (Å²) >= 11 is 0. The molecule has 3 nitrogen and oxygen atoms in total. The Morgan fingerprint density at radius 3 is 2.55 bits per heavy atom. The number of hydrogen-bond donors (Lipinski definition) is 1. The number of aliphatic hydroxyl groups is 1. The smallest absolute Gasteiger partial charge is 0.302 e. The van der Waals surface area contributed by atoms with Crippen LogP contribution in [-0.2, 0) is 9.53 Å². The molecule has 2 rings (SSSR count). The molecule has 2 aliphatic carbocycles. The molecule has 3 atom stereocenters. The molecule has 3 heteroatoms. The maximum atomic E-state index is 11.2. The number of carbonyl (C=O) groups excluding carboxylic acids is 1. The minimum atomic E-state index is -0.441. The first-order valence-electron chi connectivity index (χ1n) is 8.27. The molecule has 0 spiro atoms. The molecule has 0 radical (unpaired) electrons. The van der Waals surface area contributed by atoms with Crippen LogP contribution in [-0.4, -0.2) is 22.8 Å². The van der Waals surface area contributed by atoms with Crippen molar-refractivity contribution < 1.29 is 14.6 Å². The van der Waals surface area contributed by atoms with E-state index in [0.717, 1.165) is 38.0 Å². The third kappa shape index (κ3) is 4.21. The number of hydrogen-bond acceptors (Lipinski definition) is 3. The van der Waals surface area contributed by atoms with Gasteiger partial charge < -0.3 is 9.84 Å². The summed E-state index contributed by atoms with van der Waals surface area (Å²) < 4.78 is 5.47. The average molecular weight is 282 g/mol. The van der Waals surface area contributed by atoms with Crippen LogP contribution in [0.15, 0.2) is 0 Å². The fourth-order valence-corrected chi connectivity index (χ4v) is 4.14. The Morgan fingerprint density at radius 2 is 1.95 bits per heavy atom. The highest BCUT2D eigenvalue weighted by Gasteiger charge is 2.35. The Hall–Kier alpha value is -0.570. The van der Waals surface area contributed by atoms with E-state index in [-0.39, 0.29) is 12.1 Å². The molecule has 2 fully saturated rings. The minimum absolute atomic E-state index is 0.136. The maximum Gasteiger partial charge on any atom is 0.302 e. The van der Waals surface area contributed by atoms with E-state index < -0.39 is 5.60 Å². The quantitative estimate of drug-likeness (QED) is 0.800. The summed E-state index contributed by atoms with van der Waals surface area (Å²) in [5, 5.41) is 10.0. The van der Waals surface area contributed by atoms with Gasteiger partial charge in [0.2, 0.25) is 0 Å². The zero-order valence-electron chi connectivity index (χ0n) is 13.2. The standard InChI is InChI=1S/C17H30O3/c1-12(14-7-9-17(3,19)10-8-14)11-15-5-4-6-16(15)20-13(2)18/h12,14-16,19H,4-11H2,1-3H3. The van der Waals surface area contributed by atoms with Crippen LogP contribution in [0, 0.1) is 17.8 Å². The van der Waals surface area contributed by atoms with Crippen molar-refractivity contribution in [2.45, 2.75) is 83.8 Å². The van der Waals surface area contributed by atoms with E-state index >= 15 is 0 Å². The molecule has 0 saturated heterocycles. The van der Waals surface area contributed by atoms with E-state index in [1.165, 1.54) is 26.2 Å². The largest absolute Gasteiger partial charge is 0.462 e. The van der Waals surface area contributed by atoms with E-state index in [1.807, 2.05) is 6.92 Å². The molecular weight excluding hydrogens is 252 g/mol. The molecule has 116 valence electrons. The summed E-state index contributed by atoms with van der Waals surface area (Å²) in [6.07, 6.45) is 8.89. The van der Waals surface area contributed by atoms with Crippen LogP contribution in [0.3, 0.4) is 0 Å². The van der Waals surface area contributed by atoms with Crippen LogP contribution >= 0.6 is 0 Å². The molecule has 1 N–H and O–H groups in total. The zero-order chi connectivity index (χ0) is 14.8. The monoisotopic (exact) mass is 282 g/mol. The first-order valence-corrected chi connectivity index (χ1v) is 8.27. The predicted octanol–water partition coefficient (Wildman–Crippen LogP) is 3.69. The number of carbonyl (C=O) groups is 1. The summed E-state index contributed by atoms with van der Waals surface area (Å²) in [4.78, 5) is 11.2. The maximum absolute atomic E-state index is 11.2. The fraction of sp³-hybridized carbons (Fsp3) is 0.941. The second-order valence-electron chi connectivity index (χ2n) is 7.39. The van der Waals surface area contributed by atoms with Crippen molar-refractivity contribution in [3.63, 3.8) is 0 Å². The highest BCUT2D eigenvalue weighted by molar-refractivity contribution is 5.66. The molecule has 3 unspecified atom stereocenters. The van der Waals surface area contributed by atoms with Crippen molar-refractivity contribution in [3.8, 4) is 0 Å². The Morgan fingerprint density at radius 1 is 1.30 bits per heavy atom. The lowest BCUT2D eigenvalue weighted by Gasteiger charge is -2.37. The molecule has 0 amide bonds. The van der Waals surface area contributed by atoms with Gasteiger partial charge in [-0.15, -0.1) is 0 Å². The highest BCUT2D eigenvalue weighted by atomic mass is 16.5. The second-order valence-corrected chi connectivity index (χ2v) is 7.39. The van der Waals surface area contributed by atoms with Gasteiger partial charge in [-0.2, -0.15) is 0 Å². The third-order valence-corrected chi connectivity index (χ3v) is 5.49. The van der Waals surface area contributed by atoms with Crippen molar-refractivity contribution in [2.75, 3.05) is 0 Å². The van der Waals surface area contributed by atoms with Gasteiger partial charge in [-0.05, 0) is 76.0 Å². The van der Waals surface area contributed by atoms with E-state index in [4.69, 9.17) is 4.74 Å². The Balaban J connectivity index is 1.82. The normalized spacial score (nSPS) is 39.5. The Bertz CT molecular complexity index is 327. The molecule has 20 heavy (non-hydrogen) atoms. The van der Waals surface area contributed by atoms with Crippen molar-refractivity contribution in [2.24, 2.45) is 17.8 Å². The van der Waals surface area contributed by atoms with Crippen LogP contribution in [0.5, 0.6) is 0 Å². The van der Waals surface area contributed by atoms with Crippen LogP contribution in [0.1, 0.15) is 72.1 Å². The third-order valence-electron chi connectivity index (χ3n) is 5.49. The van der Waals surface area contributed by atoms with Gasteiger partial charge >= 0.3 is 5.97 Å². The molecule has 0 bridgehead atoms. The van der Waals surface area contributed by atoms with E-state index in [1.54, 1.807) is 0 Å². The summed E-state index contributed by atoms with van der Waals surface area (Å²) in [6, 6.07) is 0. The fourth-order valence-electron chi connectivity index (χ4n) is 4.14. The topological polar surface area (TPSA) is 46.5 Å². The first-order chi connectivity index (χ1) is 9.37. The van der Waals surface area contributed by atoms with E-state index in [0.29, 0.717) is 11.8 Å². The Labute approximate surface area is 123 Å².